The number of carboxylic acid groups (broad SMARTS) is 1. The molecule has 0 bridgehead atoms. The van der Waals surface area contributed by atoms with Gasteiger partial charge in [0.05, 0.1) is 17.9 Å². The first-order valence-electron chi connectivity index (χ1n) is 7.37. The lowest BCUT2D eigenvalue weighted by Crippen LogP contribution is -2.38. The lowest BCUT2D eigenvalue weighted by molar-refractivity contribution is -0.149. The van der Waals surface area contributed by atoms with Crippen LogP contribution in [0.4, 0.5) is 0 Å². The van der Waals surface area contributed by atoms with E-state index in [1.54, 1.807) is 23.3 Å². The molecule has 5 heteroatoms. The molecule has 0 aliphatic heterocycles. The first kappa shape index (κ1) is 16.0. The van der Waals surface area contributed by atoms with E-state index in [1.807, 2.05) is 32.9 Å². The van der Waals surface area contributed by atoms with Crippen molar-refractivity contribution in [2.24, 2.45) is 17.8 Å². The van der Waals surface area contributed by atoms with Crippen LogP contribution in [0.3, 0.4) is 0 Å². The second-order valence-corrected chi connectivity index (χ2v) is 7.52. The number of hydrogen-bond donors (Lipinski definition) is 1. The van der Waals surface area contributed by atoms with Crippen LogP contribution in [0.2, 0.25) is 0 Å². The molecule has 1 amide bonds. The molecule has 1 aromatic rings. The highest BCUT2D eigenvalue weighted by Crippen LogP contribution is 2.39. The van der Waals surface area contributed by atoms with Crippen LogP contribution in [0.1, 0.15) is 42.5 Å². The fourth-order valence-corrected chi connectivity index (χ4v) is 4.13. The highest BCUT2D eigenvalue weighted by molar-refractivity contribution is 7.12. The molecule has 1 aliphatic rings. The maximum atomic E-state index is 12.7. The van der Waals surface area contributed by atoms with Gasteiger partial charge in [-0.2, -0.15) is 0 Å². The molecule has 1 heterocycles. The molecule has 4 unspecified atom stereocenters. The molecule has 1 aromatic heterocycles. The number of carboxylic acids is 1. The summed E-state index contributed by atoms with van der Waals surface area (Å²) in [5, 5.41) is 9.32. The standard InChI is InChI=1S/C16H23NO3S/c1-9-7-12(13(8-9)16(19)20)15(18)17(4)11(3)14-6-5-10(2)21-14/h5-6,9,11-13H,7-8H2,1-4H3,(H,19,20). The van der Waals surface area contributed by atoms with E-state index in [9.17, 15) is 14.7 Å². The minimum absolute atomic E-state index is 0.0125. The summed E-state index contributed by atoms with van der Waals surface area (Å²) in [6.45, 7) is 6.06. The van der Waals surface area contributed by atoms with Crippen LogP contribution in [0.25, 0.3) is 0 Å². The largest absolute Gasteiger partial charge is 0.481 e. The van der Waals surface area contributed by atoms with E-state index < -0.39 is 11.9 Å². The van der Waals surface area contributed by atoms with Crippen LogP contribution in [0, 0.1) is 24.7 Å². The van der Waals surface area contributed by atoms with Crippen LogP contribution in [-0.4, -0.2) is 28.9 Å². The number of carbonyl (C=O) groups is 2. The predicted molar refractivity (Wildman–Crippen MR) is 83.3 cm³/mol. The van der Waals surface area contributed by atoms with E-state index in [-0.39, 0.29) is 17.9 Å². The quantitative estimate of drug-likeness (QED) is 0.928. The van der Waals surface area contributed by atoms with Crippen molar-refractivity contribution in [3.8, 4) is 0 Å². The number of thiophene rings is 1. The van der Waals surface area contributed by atoms with E-state index >= 15 is 0 Å². The maximum absolute atomic E-state index is 12.7. The van der Waals surface area contributed by atoms with Gasteiger partial charge in [0.1, 0.15) is 0 Å². The SMILES string of the molecule is Cc1ccc(C(C)N(C)C(=O)C2CC(C)CC2C(=O)O)s1. The van der Waals surface area contributed by atoms with Crippen LogP contribution >= 0.6 is 11.3 Å². The second kappa shape index (κ2) is 6.18. The van der Waals surface area contributed by atoms with Crippen molar-refractivity contribution in [3.63, 3.8) is 0 Å². The summed E-state index contributed by atoms with van der Waals surface area (Å²) >= 11 is 1.68. The van der Waals surface area contributed by atoms with Gasteiger partial charge in [-0.25, -0.2) is 0 Å². The Bertz CT molecular complexity index is 539. The van der Waals surface area contributed by atoms with Gasteiger partial charge in [0.25, 0.3) is 0 Å². The number of nitrogens with zero attached hydrogens (tertiary/aromatic N) is 1. The molecular formula is C16H23NO3S. The van der Waals surface area contributed by atoms with Gasteiger partial charge >= 0.3 is 5.97 Å². The number of carbonyl (C=O) groups excluding carboxylic acids is 1. The van der Waals surface area contributed by atoms with Crippen molar-refractivity contribution in [2.75, 3.05) is 7.05 Å². The minimum Gasteiger partial charge on any atom is -0.481 e. The van der Waals surface area contributed by atoms with E-state index in [1.165, 1.54) is 4.88 Å². The molecule has 0 aromatic carbocycles. The Balaban J connectivity index is 2.13. The highest BCUT2D eigenvalue weighted by atomic mass is 32.1. The Labute approximate surface area is 129 Å². The monoisotopic (exact) mass is 309 g/mol. The van der Waals surface area contributed by atoms with Gasteiger partial charge < -0.3 is 10.0 Å². The Kier molecular flexibility index (Phi) is 4.71. The first-order valence-corrected chi connectivity index (χ1v) is 8.18. The van der Waals surface area contributed by atoms with Crippen molar-refractivity contribution in [2.45, 2.75) is 39.7 Å². The fraction of sp³-hybridized carbons (Fsp3) is 0.625. The zero-order valence-corrected chi connectivity index (χ0v) is 13.8. The average molecular weight is 309 g/mol. The molecule has 21 heavy (non-hydrogen) atoms. The van der Waals surface area contributed by atoms with Crippen molar-refractivity contribution < 1.29 is 14.7 Å². The summed E-state index contributed by atoms with van der Waals surface area (Å²) < 4.78 is 0. The normalized spacial score (nSPS) is 26.6. The van der Waals surface area contributed by atoms with Gasteiger partial charge in [-0.05, 0) is 44.7 Å². The summed E-state index contributed by atoms with van der Waals surface area (Å²) in [7, 11) is 1.78. The van der Waals surface area contributed by atoms with E-state index in [0.717, 1.165) is 4.88 Å². The van der Waals surface area contributed by atoms with Gasteiger partial charge in [-0.15, -0.1) is 11.3 Å². The van der Waals surface area contributed by atoms with E-state index in [2.05, 4.69) is 0 Å². The first-order chi connectivity index (χ1) is 9.81. The van der Waals surface area contributed by atoms with Crippen LogP contribution in [0.5, 0.6) is 0 Å². The molecule has 4 nitrogen and oxygen atoms in total. The molecule has 1 aliphatic carbocycles. The summed E-state index contributed by atoms with van der Waals surface area (Å²) in [5.41, 5.74) is 0. The number of amides is 1. The number of rotatable bonds is 4. The van der Waals surface area contributed by atoms with Crippen LogP contribution in [0.15, 0.2) is 12.1 Å². The molecule has 116 valence electrons. The average Bonchev–Trinajstić information content (AvgIpc) is 3.02. The van der Waals surface area contributed by atoms with Gasteiger partial charge in [0.2, 0.25) is 5.91 Å². The van der Waals surface area contributed by atoms with Crippen molar-refractivity contribution in [1.29, 1.82) is 0 Å². The van der Waals surface area contributed by atoms with Gasteiger partial charge in [0.15, 0.2) is 0 Å². The van der Waals surface area contributed by atoms with Gasteiger partial charge in [-0.3, -0.25) is 9.59 Å². The number of hydrogen-bond acceptors (Lipinski definition) is 3. The van der Waals surface area contributed by atoms with Crippen molar-refractivity contribution >= 4 is 23.2 Å². The third kappa shape index (κ3) is 3.28. The molecule has 1 saturated carbocycles. The third-order valence-electron chi connectivity index (χ3n) is 4.53. The third-order valence-corrected chi connectivity index (χ3v) is 5.71. The molecular weight excluding hydrogens is 286 g/mol. The number of aliphatic carboxylic acids is 1. The smallest absolute Gasteiger partial charge is 0.307 e. The molecule has 0 spiro atoms. The van der Waals surface area contributed by atoms with E-state index in [4.69, 9.17) is 0 Å². The second-order valence-electron chi connectivity index (χ2n) is 6.20. The maximum Gasteiger partial charge on any atom is 0.307 e. The summed E-state index contributed by atoms with van der Waals surface area (Å²) in [6, 6.07) is 4.08. The molecule has 2 rings (SSSR count). The van der Waals surface area contributed by atoms with Crippen molar-refractivity contribution in [3.05, 3.63) is 21.9 Å². The topological polar surface area (TPSA) is 57.6 Å². The number of aryl methyl sites for hydroxylation is 1. The van der Waals surface area contributed by atoms with Gasteiger partial charge in [0, 0.05) is 16.8 Å². The summed E-state index contributed by atoms with van der Waals surface area (Å²) in [4.78, 5) is 28.1. The lowest BCUT2D eigenvalue weighted by atomic mass is 9.94. The Hall–Kier alpha value is -1.36. The van der Waals surface area contributed by atoms with Gasteiger partial charge in [-0.1, -0.05) is 6.92 Å². The predicted octanol–water partition coefficient (Wildman–Crippen LogP) is 3.32. The zero-order valence-electron chi connectivity index (χ0n) is 13.0. The summed E-state index contributed by atoms with van der Waals surface area (Å²) in [5.74, 6) is -1.50. The highest BCUT2D eigenvalue weighted by Gasteiger charge is 2.42. The fourth-order valence-electron chi connectivity index (χ4n) is 3.16. The summed E-state index contributed by atoms with van der Waals surface area (Å²) in [6.07, 6.45) is 1.28. The minimum atomic E-state index is -0.842. The Morgan fingerprint density at radius 3 is 2.48 bits per heavy atom. The zero-order chi connectivity index (χ0) is 15.7. The lowest BCUT2D eigenvalue weighted by Gasteiger charge is -2.28. The molecule has 4 atom stereocenters. The molecule has 1 N–H and O–H groups in total. The molecule has 1 fully saturated rings. The van der Waals surface area contributed by atoms with Crippen molar-refractivity contribution in [1.82, 2.24) is 4.90 Å². The Morgan fingerprint density at radius 1 is 1.33 bits per heavy atom. The Morgan fingerprint density at radius 2 is 1.95 bits per heavy atom. The molecule has 0 radical (unpaired) electrons. The molecule has 0 saturated heterocycles. The van der Waals surface area contributed by atoms with E-state index in [0.29, 0.717) is 18.8 Å². The van der Waals surface area contributed by atoms with Crippen LogP contribution < -0.4 is 0 Å². The van der Waals surface area contributed by atoms with Crippen LogP contribution in [-0.2, 0) is 9.59 Å².